The standard InChI is InChI=1S/C9H12FN3O.ClH/c1-14-8-4-2-3-7(10)6(8)5-13-9(11)12;/h2-4H,5H2,1H3,(H4,11,12,13);1H. The Morgan fingerprint density at radius 2 is 2.13 bits per heavy atom. The molecule has 0 amide bonds. The van der Waals surface area contributed by atoms with Gasteiger partial charge in [-0.3, -0.25) is 0 Å². The van der Waals surface area contributed by atoms with E-state index in [9.17, 15) is 4.39 Å². The Hall–Kier alpha value is -1.49. The van der Waals surface area contributed by atoms with Crippen molar-refractivity contribution in [3.05, 3.63) is 29.6 Å². The van der Waals surface area contributed by atoms with Gasteiger partial charge in [0, 0.05) is 0 Å². The van der Waals surface area contributed by atoms with E-state index >= 15 is 0 Å². The molecule has 0 saturated carbocycles. The molecular formula is C9H13ClFN3O. The van der Waals surface area contributed by atoms with Crippen LogP contribution >= 0.6 is 12.4 Å². The summed E-state index contributed by atoms with van der Waals surface area (Å²) in [5.41, 5.74) is 10.6. The van der Waals surface area contributed by atoms with Gasteiger partial charge >= 0.3 is 0 Å². The highest BCUT2D eigenvalue weighted by molar-refractivity contribution is 5.85. The van der Waals surface area contributed by atoms with E-state index in [1.54, 1.807) is 12.1 Å². The maximum Gasteiger partial charge on any atom is 0.186 e. The number of hydrogen-bond donors (Lipinski definition) is 2. The molecule has 1 aromatic rings. The summed E-state index contributed by atoms with van der Waals surface area (Å²) in [6, 6.07) is 4.55. The molecule has 15 heavy (non-hydrogen) atoms. The quantitative estimate of drug-likeness (QED) is 0.605. The number of ether oxygens (including phenoxy) is 1. The van der Waals surface area contributed by atoms with E-state index in [1.807, 2.05) is 0 Å². The van der Waals surface area contributed by atoms with Crippen molar-refractivity contribution in [3.63, 3.8) is 0 Å². The third-order valence-corrected chi connectivity index (χ3v) is 1.72. The lowest BCUT2D eigenvalue weighted by molar-refractivity contribution is 0.404. The Balaban J connectivity index is 0.00000196. The number of rotatable bonds is 3. The minimum atomic E-state index is -0.380. The summed E-state index contributed by atoms with van der Waals surface area (Å²) in [6.07, 6.45) is 0. The number of benzene rings is 1. The Morgan fingerprint density at radius 3 is 2.67 bits per heavy atom. The average Bonchev–Trinajstić information content (AvgIpc) is 2.15. The molecule has 0 fully saturated rings. The third kappa shape index (κ3) is 3.63. The van der Waals surface area contributed by atoms with Gasteiger partial charge in [0.05, 0.1) is 19.2 Å². The molecule has 0 aliphatic rings. The van der Waals surface area contributed by atoms with Crippen molar-refractivity contribution in [1.29, 1.82) is 0 Å². The third-order valence-electron chi connectivity index (χ3n) is 1.72. The van der Waals surface area contributed by atoms with Crippen molar-refractivity contribution >= 4 is 18.4 Å². The van der Waals surface area contributed by atoms with Crippen molar-refractivity contribution in [2.24, 2.45) is 16.5 Å². The van der Waals surface area contributed by atoms with Crippen LogP contribution in [0.1, 0.15) is 5.56 Å². The zero-order valence-electron chi connectivity index (χ0n) is 8.24. The first kappa shape index (κ1) is 13.5. The van der Waals surface area contributed by atoms with E-state index in [0.717, 1.165) is 0 Å². The Labute approximate surface area is 93.5 Å². The fourth-order valence-corrected chi connectivity index (χ4v) is 1.05. The molecule has 1 rings (SSSR count). The van der Waals surface area contributed by atoms with Gasteiger partial charge < -0.3 is 16.2 Å². The van der Waals surface area contributed by atoms with E-state index in [4.69, 9.17) is 16.2 Å². The first-order valence-electron chi connectivity index (χ1n) is 4.02. The summed E-state index contributed by atoms with van der Waals surface area (Å²) < 4.78 is 18.2. The second-order valence-corrected chi connectivity index (χ2v) is 2.66. The van der Waals surface area contributed by atoms with Gasteiger partial charge in [-0.15, -0.1) is 12.4 Å². The van der Waals surface area contributed by atoms with E-state index in [-0.39, 0.29) is 30.7 Å². The molecule has 6 heteroatoms. The van der Waals surface area contributed by atoms with Gasteiger partial charge in [-0.05, 0) is 12.1 Å². The molecule has 0 radical (unpaired) electrons. The zero-order chi connectivity index (χ0) is 10.6. The van der Waals surface area contributed by atoms with Gasteiger partial charge in [0.2, 0.25) is 0 Å². The van der Waals surface area contributed by atoms with Gasteiger partial charge in [0.1, 0.15) is 11.6 Å². The van der Waals surface area contributed by atoms with Gasteiger partial charge in [-0.1, -0.05) is 6.07 Å². The molecule has 4 nitrogen and oxygen atoms in total. The zero-order valence-corrected chi connectivity index (χ0v) is 9.05. The van der Waals surface area contributed by atoms with Crippen LogP contribution in [0.5, 0.6) is 5.75 Å². The Kier molecular flexibility index (Phi) is 5.48. The highest BCUT2D eigenvalue weighted by atomic mass is 35.5. The van der Waals surface area contributed by atoms with Crippen LogP contribution in [0, 0.1) is 5.82 Å². The maximum atomic E-state index is 13.3. The molecule has 0 unspecified atom stereocenters. The number of halogens is 2. The molecule has 0 aromatic heterocycles. The van der Waals surface area contributed by atoms with Crippen LogP contribution in [0.25, 0.3) is 0 Å². The molecule has 0 heterocycles. The number of guanidine groups is 1. The van der Waals surface area contributed by atoms with Gasteiger partial charge in [0.25, 0.3) is 0 Å². The van der Waals surface area contributed by atoms with E-state index in [1.165, 1.54) is 13.2 Å². The normalized spacial score (nSPS) is 8.93. The molecular weight excluding hydrogens is 221 g/mol. The molecule has 0 atom stereocenters. The minimum absolute atomic E-state index is 0. The van der Waals surface area contributed by atoms with E-state index in [2.05, 4.69) is 4.99 Å². The SMILES string of the molecule is COc1cccc(F)c1CN=C(N)N.Cl. The van der Waals surface area contributed by atoms with Crippen LogP contribution in [-0.4, -0.2) is 13.1 Å². The average molecular weight is 234 g/mol. The first-order chi connectivity index (χ1) is 6.65. The first-order valence-corrected chi connectivity index (χ1v) is 4.02. The molecule has 0 bridgehead atoms. The molecule has 0 spiro atoms. The maximum absolute atomic E-state index is 13.3. The summed E-state index contributed by atoms with van der Waals surface area (Å²) in [6.45, 7) is 0.0815. The number of nitrogens with two attached hydrogens (primary N) is 2. The predicted octanol–water partition coefficient (Wildman–Crippen LogP) is 1.03. The lowest BCUT2D eigenvalue weighted by Gasteiger charge is -2.06. The lowest BCUT2D eigenvalue weighted by atomic mass is 10.2. The number of aliphatic imine (C=N–C) groups is 1. The van der Waals surface area contributed by atoms with Crippen LogP contribution in [-0.2, 0) is 6.54 Å². The molecule has 4 N–H and O–H groups in total. The molecule has 0 saturated heterocycles. The molecule has 0 aliphatic carbocycles. The second-order valence-electron chi connectivity index (χ2n) is 2.66. The van der Waals surface area contributed by atoms with Crippen LogP contribution in [0.4, 0.5) is 4.39 Å². The highest BCUT2D eigenvalue weighted by Crippen LogP contribution is 2.21. The smallest absolute Gasteiger partial charge is 0.186 e. The second kappa shape index (κ2) is 6.08. The summed E-state index contributed by atoms with van der Waals surface area (Å²) in [5.74, 6) is -0.0142. The number of methoxy groups -OCH3 is 1. The van der Waals surface area contributed by atoms with Crippen molar-refractivity contribution < 1.29 is 9.13 Å². The van der Waals surface area contributed by atoms with E-state index < -0.39 is 0 Å². The van der Waals surface area contributed by atoms with Crippen molar-refractivity contribution in [1.82, 2.24) is 0 Å². The minimum Gasteiger partial charge on any atom is -0.496 e. The molecule has 84 valence electrons. The lowest BCUT2D eigenvalue weighted by Crippen LogP contribution is -2.22. The van der Waals surface area contributed by atoms with Crippen LogP contribution < -0.4 is 16.2 Å². The largest absolute Gasteiger partial charge is 0.496 e. The fraction of sp³-hybridized carbons (Fsp3) is 0.222. The van der Waals surface area contributed by atoms with Crippen molar-refractivity contribution in [3.8, 4) is 5.75 Å². The highest BCUT2D eigenvalue weighted by Gasteiger charge is 2.07. The summed E-state index contributed by atoms with van der Waals surface area (Å²) >= 11 is 0. The van der Waals surface area contributed by atoms with Crippen molar-refractivity contribution in [2.75, 3.05) is 7.11 Å². The van der Waals surface area contributed by atoms with E-state index in [0.29, 0.717) is 11.3 Å². The van der Waals surface area contributed by atoms with Crippen LogP contribution in [0.3, 0.4) is 0 Å². The number of hydrogen-bond acceptors (Lipinski definition) is 2. The van der Waals surface area contributed by atoms with Gasteiger partial charge in [-0.2, -0.15) is 0 Å². The number of nitrogens with zero attached hydrogens (tertiary/aromatic N) is 1. The predicted molar refractivity (Wildman–Crippen MR) is 59.7 cm³/mol. The summed E-state index contributed by atoms with van der Waals surface area (Å²) in [5, 5.41) is 0. The Bertz CT molecular complexity index is 353. The van der Waals surface area contributed by atoms with Gasteiger partial charge in [-0.25, -0.2) is 9.38 Å². The summed E-state index contributed by atoms with van der Waals surface area (Å²) in [7, 11) is 1.47. The fourth-order valence-electron chi connectivity index (χ4n) is 1.05. The topological polar surface area (TPSA) is 73.6 Å². The summed E-state index contributed by atoms with van der Waals surface area (Å²) in [4.78, 5) is 3.72. The molecule has 1 aromatic carbocycles. The molecule has 0 aliphatic heterocycles. The van der Waals surface area contributed by atoms with Crippen LogP contribution in [0.2, 0.25) is 0 Å². The van der Waals surface area contributed by atoms with Crippen molar-refractivity contribution in [2.45, 2.75) is 6.54 Å². The van der Waals surface area contributed by atoms with Crippen LogP contribution in [0.15, 0.2) is 23.2 Å². The Morgan fingerprint density at radius 1 is 1.47 bits per heavy atom. The van der Waals surface area contributed by atoms with Gasteiger partial charge in [0.15, 0.2) is 5.96 Å². The monoisotopic (exact) mass is 233 g/mol.